The fourth-order valence-corrected chi connectivity index (χ4v) is 10.3. The van der Waals surface area contributed by atoms with Crippen LogP contribution in [0.25, 0.3) is 11.1 Å². The van der Waals surface area contributed by atoms with Crippen molar-refractivity contribution in [1.82, 2.24) is 35.1 Å². The van der Waals surface area contributed by atoms with Gasteiger partial charge in [0, 0.05) is 78.3 Å². The van der Waals surface area contributed by atoms with Crippen molar-refractivity contribution in [2.45, 2.75) is 47.7 Å². The number of aromatic amines is 1. The zero-order chi connectivity index (χ0) is 43.8. The zero-order valence-electron chi connectivity index (χ0n) is 34.3. The molecule has 3 heterocycles. The van der Waals surface area contributed by atoms with E-state index in [4.69, 9.17) is 11.6 Å². The molecule has 2 aliphatic heterocycles. The fourth-order valence-electron chi connectivity index (χ4n) is 8.14. The quantitative estimate of drug-likeness (QED) is 0.0461. The number of halogens is 1. The van der Waals surface area contributed by atoms with Gasteiger partial charge in [0.05, 0.1) is 15.9 Å². The van der Waals surface area contributed by atoms with Gasteiger partial charge in [0.15, 0.2) is 5.82 Å². The lowest BCUT2D eigenvalue weighted by molar-refractivity contribution is -0.384. The number of nitrogens with one attached hydrogen (secondary N) is 3. The number of rotatable bonds is 17. The number of carbonyl (C=O) groups excluding carboxylic acids is 1. The number of H-pyrrole nitrogens is 1. The van der Waals surface area contributed by atoms with E-state index < -0.39 is 31.4 Å². The van der Waals surface area contributed by atoms with Crippen LogP contribution in [0.15, 0.2) is 131 Å². The Labute approximate surface area is 375 Å². The molecule has 2 fully saturated rings. The number of nitro groups is 1. The van der Waals surface area contributed by atoms with E-state index in [0.717, 1.165) is 74.3 Å². The number of sulfonamides is 1. The molecule has 2 aliphatic rings. The highest BCUT2D eigenvalue weighted by atomic mass is 35.5. The van der Waals surface area contributed by atoms with Crippen LogP contribution in [0, 0.1) is 10.1 Å². The largest absolute Gasteiger partial charge is 0.376 e. The van der Waals surface area contributed by atoms with Gasteiger partial charge in [-0.2, -0.15) is 5.21 Å². The Morgan fingerprint density at radius 1 is 0.921 bits per heavy atom. The molecule has 326 valence electrons. The van der Waals surface area contributed by atoms with E-state index in [9.17, 15) is 23.3 Å². The van der Waals surface area contributed by atoms with Crippen LogP contribution < -0.4 is 14.9 Å². The van der Waals surface area contributed by atoms with Gasteiger partial charge in [0.1, 0.15) is 5.69 Å². The summed E-state index contributed by atoms with van der Waals surface area (Å²) in [6.07, 6.45) is 2.53. The molecule has 2 atom stereocenters. The fraction of sp³-hybridized carbons (Fsp3) is 0.289. The van der Waals surface area contributed by atoms with Gasteiger partial charge in [-0.15, -0.1) is 22.0 Å². The average molecular weight is 908 g/mol. The van der Waals surface area contributed by atoms with Crippen LogP contribution in [-0.2, 0) is 16.6 Å². The van der Waals surface area contributed by atoms with Crippen LogP contribution in [0.5, 0.6) is 0 Å². The van der Waals surface area contributed by atoms with Crippen LogP contribution in [0.1, 0.15) is 47.1 Å². The molecule has 3 N–H and O–H groups in total. The molecule has 0 bridgehead atoms. The predicted molar refractivity (Wildman–Crippen MR) is 245 cm³/mol. The molecular weight excluding hydrogens is 860 g/mol. The van der Waals surface area contributed by atoms with Gasteiger partial charge in [-0.05, 0) is 103 Å². The maximum Gasteiger partial charge on any atom is 0.293 e. The van der Waals surface area contributed by atoms with E-state index >= 15 is 0 Å². The lowest BCUT2D eigenvalue weighted by Gasteiger charge is -2.36. The molecule has 18 heteroatoms. The number of thioether (sulfide) groups is 1. The molecule has 0 spiro atoms. The monoisotopic (exact) mass is 906 g/mol. The number of amides is 1. The average Bonchev–Trinajstić information content (AvgIpc) is 4.01. The Morgan fingerprint density at radius 2 is 1.67 bits per heavy atom. The van der Waals surface area contributed by atoms with Crippen LogP contribution in [0.4, 0.5) is 17.1 Å². The minimum absolute atomic E-state index is 0.0292. The normalized spacial score (nSPS) is 16.5. The second kappa shape index (κ2) is 20.1. The lowest BCUT2D eigenvalue weighted by Crippen LogP contribution is -2.46. The highest BCUT2D eigenvalue weighted by Gasteiger charge is 2.31. The summed E-state index contributed by atoms with van der Waals surface area (Å²) in [5.74, 6) is 0.393. The molecule has 6 aromatic rings. The van der Waals surface area contributed by atoms with E-state index in [-0.39, 0.29) is 23.3 Å². The number of nitrogens with zero attached hydrogens (tertiary/aromatic N) is 7. The van der Waals surface area contributed by atoms with Crippen molar-refractivity contribution in [2.75, 3.05) is 55.2 Å². The number of nitro benzene ring substituents is 1. The standard InChI is InChI=1S/C45H47ClN10O5S2/c46-35-16-12-32(13-17-35)40-10-5-4-7-34(40)30-53-25-27-54(28-26-53)37-18-14-33(15-19-37)45(57)50-63(60,61)39-20-21-41(43(29-39)56(58)59)47-36(31-62-38-8-2-1-3-9-38)22-24-55-23-6-11-42(55)44-48-51-52-49-44/h1-5,7-10,12-21,29,36,42,47H,6,11,22-28,30-31H2,(H,50,57)(H,48,49,51,52)/t36-,42?/m1/s1. The lowest BCUT2D eigenvalue weighted by atomic mass is 9.99. The molecule has 0 radical (unpaired) electrons. The summed E-state index contributed by atoms with van der Waals surface area (Å²) < 4.78 is 29.2. The molecular formula is C45H47ClN10O5S2. The number of anilines is 2. The topological polar surface area (TPSA) is 183 Å². The molecule has 15 nitrogen and oxygen atoms in total. The summed E-state index contributed by atoms with van der Waals surface area (Å²) >= 11 is 7.75. The molecule has 2 saturated heterocycles. The molecule has 0 saturated carbocycles. The third-order valence-electron chi connectivity index (χ3n) is 11.5. The number of likely N-dealkylation sites (tertiary alicyclic amines) is 1. The summed E-state index contributed by atoms with van der Waals surface area (Å²) in [7, 11) is -4.47. The first-order chi connectivity index (χ1) is 30.6. The van der Waals surface area contributed by atoms with Crippen molar-refractivity contribution < 1.29 is 18.1 Å². The Morgan fingerprint density at radius 3 is 2.40 bits per heavy atom. The third-order valence-corrected chi connectivity index (χ3v) is 14.2. The first-order valence-electron chi connectivity index (χ1n) is 20.8. The van der Waals surface area contributed by atoms with E-state index in [2.05, 4.69) is 63.6 Å². The molecule has 1 aromatic heterocycles. The van der Waals surface area contributed by atoms with Gasteiger partial charge < -0.3 is 10.2 Å². The Balaban J connectivity index is 0.887. The predicted octanol–water partition coefficient (Wildman–Crippen LogP) is 7.67. The first-order valence-corrected chi connectivity index (χ1v) is 23.6. The van der Waals surface area contributed by atoms with Crippen molar-refractivity contribution in [3.05, 3.63) is 153 Å². The smallest absolute Gasteiger partial charge is 0.293 e. The molecule has 5 aromatic carbocycles. The van der Waals surface area contributed by atoms with Crippen molar-refractivity contribution in [2.24, 2.45) is 0 Å². The number of hydrogen-bond donors (Lipinski definition) is 3. The van der Waals surface area contributed by atoms with Gasteiger partial charge in [-0.25, -0.2) is 13.1 Å². The summed E-state index contributed by atoms with van der Waals surface area (Å²) in [5, 5.41) is 31.1. The van der Waals surface area contributed by atoms with E-state index in [1.54, 1.807) is 36.0 Å². The molecule has 1 unspecified atom stereocenters. The number of aromatic nitrogens is 4. The van der Waals surface area contributed by atoms with Gasteiger partial charge in [0.25, 0.3) is 21.6 Å². The van der Waals surface area contributed by atoms with Crippen molar-refractivity contribution in [3.63, 3.8) is 0 Å². The maximum absolute atomic E-state index is 13.5. The van der Waals surface area contributed by atoms with Crippen molar-refractivity contribution in [3.8, 4) is 11.1 Å². The first kappa shape index (κ1) is 43.8. The summed E-state index contributed by atoms with van der Waals surface area (Å²) in [6, 6.07) is 36.4. The second-order valence-corrected chi connectivity index (χ2v) is 18.8. The number of carbonyl (C=O) groups is 1. The highest BCUT2D eigenvalue weighted by molar-refractivity contribution is 7.99. The molecule has 63 heavy (non-hydrogen) atoms. The zero-order valence-corrected chi connectivity index (χ0v) is 36.7. The van der Waals surface area contributed by atoms with Gasteiger partial charge in [0.2, 0.25) is 0 Å². The summed E-state index contributed by atoms with van der Waals surface area (Å²) in [4.78, 5) is 32.7. The van der Waals surface area contributed by atoms with Gasteiger partial charge >= 0.3 is 0 Å². The summed E-state index contributed by atoms with van der Waals surface area (Å²) in [6.45, 7) is 5.58. The number of benzene rings is 5. The van der Waals surface area contributed by atoms with Crippen LogP contribution >= 0.6 is 23.4 Å². The Kier molecular flexibility index (Phi) is 14.0. The van der Waals surface area contributed by atoms with Crippen molar-refractivity contribution >= 4 is 56.4 Å². The molecule has 0 aliphatic carbocycles. The molecule has 1 amide bonds. The van der Waals surface area contributed by atoms with Gasteiger partial charge in [-0.1, -0.05) is 71.4 Å². The SMILES string of the molecule is O=C(NS(=O)(=O)c1ccc(N[C@H](CCN2CCCC2c2nn[nH]n2)CSc2ccccc2)c([N+](=O)[O-])c1)c1ccc(N2CCN(Cc3ccccc3-c3ccc(Cl)cc3)CC2)cc1. The summed E-state index contributed by atoms with van der Waals surface area (Å²) in [5.41, 5.74) is 4.37. The van der Waals surface area contributed by atoms with Crippen molar-refractivity contribution in [1.29, 1.82) is 0 Å². The number of hydrogen-bond acceptors (Lipinski definition) is 13. The Hall–Kier alpha value is -5.85. The van der Waals surface area contributed by atoms with Crippen LogP contribution in [0.3, 0.4) is 0 Å². The van der Waals surface area contributed by atoms with Gasteiger partial charge in [-0.3, -0.25) is 24.7 Å². The number of piperazine rings is 1. The maximum atomic E-state index is 13.5. The van der Waals surface area contributed by atoms with Crippen LogP contribution in [-0.4, -0.2) is 101 Å². The highest BCUT2D eigenvalue weighted by Crippen LogP contribution is 2.33. The molecule has 8 rings (SSSR count). The second-order valence-electron chi connectivity index (χ2n) is 15.6. The van der Waals surface area contributed by atoms with E-state index in [1.807, 2.05) is 60.7 Å². The minimum atomic E-state index is -4.47. The van der Waals surface area contributed by atoms with E-state index in [0.29, 0.717) is 29.6 Å². The van der Waals surface area contributed by atoms with E-state index in [1.165, 1.54) is 23.3 Å². The van der Waals surface area contributed by atoms with Crippen LogP contribution in [0.2, 0.25) is 5.02 Å². The third kappa shape index (κ3) is 11.0. The minimum Gasteiger partial charge on any atom is -0.376 e. The number of tetrazole rings is 1. The Bertz CT molecular complexity index is 2600.